The highest BCUT2D eigenvalue weighted by atomic mass is 19.1. The molecule has 2 heterocycles. The first-order valence-corrected chi connectivity index (χ1v) is 10.4. The van der Waals surface area contributed by atoms with E-state index in [-0.39, 0.29) is 6.42 Å². The second-order valence-electron chi connectivity index (χ2n) is 7.88. The van der Waals surface area contributed by atoms with Crippen LogP contribution < -0.4 is 9.47 Å². The minimum Gasteiger partial charge on any atom is -0.494 e. The third-order valence-electron chi connectivity index (χ3n) is 5.82. The highest BCUT2D eigenvalue weighted by Gasteiger charge is 2.44. The normalized spacial score (nSPS) is 27.6. The Labute approximate surface area is 179 Å². The SMILES string of the molecule is CCOc1ccc(Cc2cc([C@@H]3O[C@H](CO)[C@@H](O)[C@H](O)[C@H]3O)cc3c2OCC3)c(F)c1. The zero-order valence-electron chi connectivity index (χ0n) is 17.2. The summed E-state index contributed by atoms with van der Waals surface area (Å²) in [5.74, 6) is 0.748. The van der Waals surface area contributed by atoms with Crippen LogP contribution in [0.5, 0.6) is 11.5 Å². The molecule has 2 aromatic carbocycles. The Kier molecular flexibility index (Phi) is 6.45. The zero-order valence-corrected chi connectivity index (χ0v) is 17.2. The van der Waals surface area contributed by atoms with Gasteiger partial charge in [0.2, 0.25) is 0 Å². The van der Waals surface area contributed by atoms with Crippen molar-refractivity contribution in [2.24, 2.45) is 0 Å². The number of hydrogen-bond acceptors (Lipinski definition) is 7. The van der Waals surface area contributed by atoms with Gasteiger partial charge >= 0.3 is 0 Å². The summed E-state index contributed by atoms with van der Waals surface area (Å²) in [7, 11) is 0. The Morgan fingerprint density at radius 2 is 1.87 bits per heavy atom. The van der Waals surface area contributed by atoms with Crippen LogP contribution in [0.3, 0.4) is 0 Å². The summed E-state index contributed by atoms with van der Waals surface area (Å²) in [6, 6.07) is 8.31. The maximum absolute atomic E-state index is 14.6. The van der Waals surface area contributed by atoms with Gasteiger partial charge < -0.3 is 34.6 Å². The lowest BCUT2D eigenvalue weighted by Gasteiger charge is -2.40. The molecule has 0 aliphatic carbocycles. The van der Waals surface area contributed by atoms with Crippen molar-refractivity contribution in [1.29, 1.82) is 0 Å². The van der Waals surface area contributed by atoms with E-state index < -0.39 is 42.9 Å². The molecule has 4 rings (SSSR count). The lowest BCUT2D eigenvalue weighted by atomic mass is 9.88. The Morgan fingerprint density at radius 1 is 1.06 bits per heavy atom. The van der Waals surface area contributed by atoms with E-state index in [0.717, 1.165) is 11.1 Å². The van der Waals surface area contributed by atoms with Crippen LogP contribution in [0.2, 0.25) is 0 Å². The van der Waals surface area contributed by atoms with Crippen LogP contribution in [0.25, 0.3) is 0 Å². The quantitative estimate of drug-likeness (QED) is 0.542. The maximum Gasteiger partial charge on any atom is 0.130 e. The van der Waals surface area contributed by atoms with Crippen molar-refractivity contribution >= 4 is 0 Å². The van der Waals surface area contributed by atoms with E-state index >= 15 is 0 Å². The first kappa shape index (κ1) is 22.0. The first-order valence-electron chi connectivity index (χ1n) is 10.4. The van der Waals surface area contributed by atoms with Gasteiger partial charge in [-0.2, -0.15) is 0 Å². The van der Waals surface area contributed by atoms with Gasteiger partial charge in [-0.1, -0.05) is 6.07 Å². The standard InChI is InChI=1S/C23H27FO7/c1-2-29-16-4-3-12(17(24)10-16)7-14-9-15(8-13-5-6-30-22(13)14)23-21(28)20(27)19(26)18(11-25)31-23/h3-4,8-10,18-21,23,25-28H,2,5-7,11H2,1H3/t18-,19-,20+,21-,23+/m1/s1. The van der Waals surface area contributed by atoms with E-state index in [4.69, 9.17) is 14.2 Å². The van der Waals surface area contributed by atoms with Gasteiger partial charge in [-0.25, -0.2) is 4.39 Å². The van der Waals surface area contributed by atoms with Gasteiger partial charge in [-0.15, -0.1) is 0 Å². The largest absolute Gasteiger partial charge is 0.494 e. The molecule has 5 atom stereocenters. The zero-order chi connectivity index (χ0) is 22.1. The molecule has 1 fully saturated rings. The lowest BCUT2D eigenvalue weighted by Crippen LogP contribution is -2.55. The van der Waals surface area contributed by atoms with Gasteiger partial charge in [0.1, 0.15) is 47.8 Å². The summed E-state index contributed by atoms with van der Waals surface area (Å²) in [4.78, 5) is 0. The minimum atomic E-state index is -1.47. The lowest BCUT2D eigenvalue weighted by molar-refractivity contribution is -0.231. The second kappa shape index (κ2) is 9.10. The Morgan fingerprint density at radius 3 is 2.58 bits per heavy atom. The summed E-state index contributed by atoms with van der Waals surface area (Å²) in [5.41, 5.74) is 2.66. The average molecular weight is 434 g/mol. The molecule has 2 aliphatic heterocycles. The van der Waals surface area contributed by atoms with Crippen molar-refractivity contribution < 1.29 is 39.0 Å². The Balaban J connectivity index is 1.67. The molecule has 7 nitrogen and oxygen atoms in total. The average Bonchev–Trinajstić information content (AvgIpc) is 3.23. The van der Waals surface area contributed by atoms with Crippen molar-refractivity contribution in [2.45, 2.75) is 50.3 Å². The van der Waals surface area contributed by atoms with Crippen LogP contribution in [-0.2, 0) is 17.6 Å². The summed E-state index contributed by atoms with van der Waals surface area (Å²) in [6.07, 6.45) is -5.32. The van der Waals surface area contributed by atoms with Crippen molar-refractivity contribution in [3.8, 4) is 11.5 Å². The predicted molar refractivity (Wildman–Crippen MR) is 109 cm³/mol. The molecule has 8 heteroatoms. The van der Waals surface area contributed by atoms with Gasteiger partial charge in [-0.05, 0) is 47.4 Å². The molecule has 168 valence electrons. The molecule has 0 unspecified atom stereocenters. The third-order valence-corrected chi connectivity index (χ3v) is 5.82. The molecular formula is C23H27FO7. The van der Waals surface area contributed by atoms with E-state index in [0.29, 0.717) is 42.3 Å². The molecule has 0 aromatic heterocycles. The summed E-state index contributed by atoms with van der Waals surface area (Å²) in [6.45, 7) is 2.27. The number of aliphatic hydroxyl groups excluding tert-OH is 4. The van der Waals surface area contributed by atoms with Gasteiger partial charge in [0.25, 0.3) is 0 Å². The number of hydrogen-bond donors (Lipinski definition) is 4. The summed E-state index contributed by atoms with van der Waals surface area (Å²) >= 11 is 0. The third kappa shape index (κ3) is 4.26. The number of ether oxygens (including phenoxy) is 3. The molecule has 2 aromatic rings. The molecule has 0 saturated carbocycles. The number of benzene rings is 2. The molecule has 31 heavy (non-hydrogen) atoms. The number of aliphatic hydroxyl groups is 4. The second-order valence-corrected chi connectivity index (χ2v) is 7.88. The van der Waals surface area contributed by atoms with Crippen molar-refractivity contribution in [3.63, 3.8) is 0 Å². The van der Waals surface area contributed by atoms with Crippen LogP contribution in [0.15, 0.2) is 30.3 Å². The molecule has 0 spiro atoms. The van der Waals surface area contributed by atoms with Gasteiger partial charge in [0, 0.05) is 18.9 Å². The smallest absolute Gasteiger partial charge is 0.130 e. The number of rotatable bonds is 6. The molecule has 2 aliphatic rings. The Hall–Kier alpha value is -2.23. The molecule has 1 saturated heterocycles. The van der Waals surface area contributed by atoms with E-state index in [1.807, 2.05) is 13.0 Å². The topological polar surface area (TPSA) is 109 Å². The Bertz CT molecular complexity index is 932. The van der Waals surface area contributed by atoms with Crippen molar-refractivity contribution in [2.75, 3.05) is 19.8 Å². The van der Waals surface area contributed by atoms with E-state index in [1.165, 1.54) is 6.07 Å². The molecule has 4 N–H and O–H groups in total. The van der Waals surface area contributed by atoms with Gasteiger partial charge in [-0.3, -0.25) is 0 Å². The van der Waals surface area contributed by atoms with Crippen LogP contribution >= 0.6 is 0 Å². The van der Waals surface area contributed by atoms with E-state index in [9.17, 15) is 24.8 Å². The summed E-state index contributed by atoms with van der Waals surface area (Å²) in [5, 5.41) is 40.2. The monoisotopic (exact) mass is 434 g/mol. The molecular weight excluding hydrogens is 407 g/mol. The highest BCUT2D eigenvalue weighted by molar-refractivity contribution is 5.50. The molecule has 0 amide bonds. The molecule has 0 bridgehead atoms. The van der Waals surface area contributed by atoms with Crippen LogP contribution in [0, 0.1) is 5.82 Å². The van der Waals surface area contributed by atoms with E-state index in [1.54, 1.807) is 18.2 Å². The number of halogens is 1. The predicted octanol–water partition coefficient (Wildman–Crippen LogP) is 1.26. The fraction of sp³-hybridized carbons (Fsp3) is 0.478. The maximum atomic E-state index is 14.6. The van der Waals surface area contributed by atoms with Crippen molar-refractivity contribution in [1.82, 2.24) is 0 Å². The van der Waals surface area contributed by atoms with Gasteiger partial charge in [0.15, 0.2) is 0 Å². The first-order chi connectivity index (χ1) is 14.9. The van der Waals surface area contributed by atoms with Crippen molar-refractivity contribution in [3.05, 3.63) is 58.4 Å². The van der Waals surface area contributed by atoms with E-state index in [2.05, 4.69) is 0 Å². The van der Waals surface area contributed by atoms with Gasteiger partial charge in [0.05, 0.1) is 19.8 Å². The van der Waals surface area contributed by atoms with Crippen LogP contribution in [0.4, 0.5) is 4.39 Å². The van der Waals surface area contributed by atoms with Crippen LogP contribution in [0.1, 0.15) is 35.3 Å². The fourth-order valence-corrected chi connectivity index (χ4v) is 4.22. The highest BCUT2D eigenvalue weighted by Crippen LogP contribution is 2.39. The van der Waals surface area contributed by atoms with Crippen LogP contribution in [-0.4, -0.2) is 64.7 Å². The summed E-state index contributed by atoms with van der Waals surface area (Å²) < 4.78 is 31.5. The minimum absolute atomic E-state index is 0.256. The molecule has 0 radical (unpaired) electrons. The number of fused-ring (bicyclic) bond motifs is 1. The fourth-order valence-electron chi connectivity index (χ4n) is 4.22.